The number of ether oxygens (including phenoxy) is 2. The predicted molar refractivity (Wildman–Crippen MR) is 123 cm³/mol. The Bertz CT molecular complexity index is 1030. The van der Waals surface area contributed by atoms with Crippen LogP contribution in [0.4, 0.5) is 13.9 Å². The average molecular weight is 484 g/mol. The number of halogens is 3. The summed E-state index contributed by atoms with van der Waals surface area (Å²) in [7, 11) is 0. The highest BCUT2D eigenvalue weighted by molar-refractivity contribution is 7.22. The van der Waals surface area contributed by atoms with Crippen LogP contribution >= 0.6 is 23.7 Å². The fourth-order valence-electron chi connectivity index (χ4n) is 3.36. The second kappa shape index (κ2) is 11.5. The van der Waals surface area contributed by atoms with Crippen molar-refractivity contribution in [2.75, 3.05) is 50.9 Å². The van der Waals surface area contributed by atoms with Crippen molar-refractivity contribution in [1.82, 2.24) is 9.88 Å². The van der Waals surface area contributed by atoms with Crippen molar-refractivity contribution in [3.63, 3.8) is 0 Å². The third-order valence-corrected chi connectivity index (χ3v) is 6.05. The van der Waals surface area contributed by atoms with Crippen molar-refractivity contribution in [3.05, 3.63) is 54.1 Å². The highest BCUT2D eigenvalue weighted by Crippen LogP contribution is 2.29. The van der Waals surface area contributed by atoms with E-state index in [1.54, 1.807) is 11.0 Å². The average Bonchev–Trinajstić information content (AvgIpc) is 3.19. The van der Waals surface area contributed by atoms with Crippen LogP contribution in [0.25, 0.3) is 10.2 Å². The molecular formula is C22H24ClF2N3O3S. The molecule has 1 aliphatic heterocycles. The van der Waals surface area contributed by atoms with Gasteiger partial charge < -0.3 is 9.47 Å². The van der Waals surface area contributed by atoms with Crippen LogP contribution in [-0.2, 0) is 9.53 Å². The molecule has 1 fully saturated rings. The van der Waals surface area contributed by atoms with Crippen LogP contribution in [0, 0.1) is 11.6 Å². The summed E-state index contributed by atoms with van der Waals surface area (Å²) in [4.78, 5) is 21.4. The van der Waals surface area contributed by atoms with Crippen molar-refractivity contribution < 1.29 is 23.0 Å². The lowest BCUT2D eigenvalue weighted by Gasteiger charge is -2.27. The molecule has 172 valence electrons. The smallest absolute Gasteiger partial charge is 0.266 e. The van der Waals surface area contributed by atoms with E-state index in [9.17, 15) is 13.6 Å². The summed E-state index contributed by atoms with van der Waals surface area (Å²) in [6.45, 7) is 4.30. The van der Waals surface area contributed by atoms with E-state index in [1.165, 1.54) is 47.7 Å². The van der Waals surface area contributed by atoms with Crippen LogP contribution in [0.3, 0.4) is 0 Å². The van der Waals surface area contributed by atoms with Gasteiger partial charge in [0.1, 0.15) is 17.4 Å². The second-order valence-corrected chi connectivity index (χ2v) is 8.21. The van der Waals surface area contributed by atoms with Crippen molar-refractivity contribution >= 4 is 45.0 Å². The fraction of sp³-hybridized carbons (Fsp3) is 0.364. The number of benzene rings is 2. The molecule has 1 saturated heterocycles. The molecule has 0 saturated carbocycles. The molecule has 4 rings (SSSR count). The van der Waals surface area contributed by atoms with Gasteiger partial charge in [-0.1, -0.05) is 11.3 Å². The van der Waals surface area contributed by atoms with Gasteiger partial charge in [0.15, 0.2) is 11.7 Å². The number of anilines is 1. The van der Waals surface area contributed by atoms with Crippen molar-refractivity contribution in [3.8, 4) is 5.75 Å². The maximum absolute atomic E-state index is 13.6. The summed E-state index contributed by atoms with van der Waals surface area (Å²) in [5.41, 5.74) is 0.645. The number of carbonyl (C=O) groups is 1. The van der Waals surface area contributed by atoms with Gasteiger partial charge in [0.05, 0.1) is 23.4 Å². The van der Waals surface area contributed by atoms with Gasteiger partial charge in [-0.05, 0) is 48.9 Å². The number of thiazole rings is 1. The number of morpholine rings is 1. The minimum absolute atomic E-state index is 0. The van der Waals surface area contributed by atoms with E-state index < -0.39 is 0 Å². The molecule has 3 aromatic rings. The van der Waals surface area contributed by atoms with E-state index >= 15 is 0 Å². The van der Waals surface area contributed by atoms with Crippen molar-refractivity contribution in [1.29, 1.82) is 0 Å². The van der Waals surface area contributed by atoms with E-state index in [1.807, 2.05) is 0 Å². The Morgan fingerprint density at radius 3 is 2.59 bits per heavy atom. The lowest BCUT2D eigenvalue weighted by Crippen LogP contribution is -2.40. The number of rotatable bonds is 8. The predicted octanol–water partition coefficient (Wildman–Crippen LogP) is 4.13. The first-order chi connectivity index (χ1) is 15.1. The Morgan fingerprint density at radius 2 is 1.84 bits per heavy atom. The minimum atomic E-state index is -0.370. The molecule has 0 N–H and O–H groups in total. The maximum Gasteiger partial charge on any atom is 0.266 e. The zero-order chi connectivity index (χ0) is 21.6. The molecule has 0 atom stereocenters. The third-order valence-electron chi connectivity index (χ3n) is 5.01. The topological polar surface area (TPSA) is 54.9 Å². The van der Waals surface area contributed by atoms with Crippen LogP contribution < -0.4 is 9.64 Å². The first kappa shape index (κ1) is 24.3. The van der Waals surface area contributed by atoms with E-state index in [-0.39, 0.29) is 36.6 Å². The van der Waals surface area contributed by atoms with Gasteiger partial charge in [0.25, 0.3) is 5.91 Å². The second-order valence-electron chi connectivity index (χ2n) is 7.20. The molecule has 2 heterocycles. The Kier molecular flexibility index (Phi) is 8.75. The summed E-state index contributed by atoms with van der Waals surface area (Å²) >= 11 is 1.27. The quantitative estimate of drug-likeness (QED) is 0.482. The maximum atomic E-state index is 13.6. The monoisotopic (exact) mass is 483 g/mol. The first-order valence-corrected chi connectivity index (χ1v) is 10.9. The van der Waals surface area contributed by atoms with E-state index in [0.29, 0.717) is 27.6 Å². The molecule has 2 aromatic carbocycles. The summed E-state index contributed by atoms with van der Waals surface area (Å²) in [5.74, 6) is -0.558. The van der Waals surface area contributed by atoms with Gasteiger partial charge in [0, 0.05) is 26.2 Å². The van der Waals surface area contributed by atoms with Crippen LogP contribution in [-0.4, -0.2) is 61.8 Å². The van der Waals surface area contributed by atoms with Crippen LogP contribution in [0.1, 0.15) is 6.42 Å². The number of fused-ring (bicyclic) bond motifs is 1. The zero-order valence-electron chi connectivity index (χ0n) is 17.3. The van der Waals surface area contributed by atoms with Crippen LogP contribution in [0.2, 0.25) is 0 Å². The summed E-state index contributed by atoms with van der Waals surface area (Å²) in [5, 5.41) is 0.510. The van der Waals surface area contributed by atoms with Crippen LogP contribution in [0.5, 0.6) is 5.75 Å². The molecule has 1 amide bonds. The molecule has 1 aliphatic rings. The molecule has 1 aromatic heterocycles. The Labute approximate surface area is 195 Å². The van der Waals surface area contributed by atoms with Gasteiger partial charge in [-0.25, -0.2) is 13.8 Å². The molecule has 0 aliphatic carbocycles. The lowest BCUT2D eigenvalue weighted by molar-refractivity contribution is -0.120. The number of carbonyl (C=O) groups excluding carboxylic acids is 1. The number of hydrogen-bond donors (Lipinski definition) is 0. The van der Waals surface area contributed by atoms with Gasteiger partial charge in [-0.15, -0.1) is 12.4 Å². The largest absolute Gasteiger partial charge is 0.484 e. The number of nitrogens with zero attached hydrogens (tertiary/aromatic N) is 3. The van der Waals surface area contributed by atoms with Crippen molar-refractivity contribution in [2.45, 2.75) is 6.42 Å². The summed E-state index contributed by atoms with van der Waals surface area (Å²) < 4.78 is 38.3. The molecule has 0 unspecified atom stereocenters. The molecule has 10 heteroatoms. The number of amides is 1. The Morgan fingerprint density at radius 1 is 1.12 bits per heavy atom. The SMILES string of the molecule is Cl.O=C(COc1ccc(F)cc1)N(CCCN1CCOCC1)c1nc2ccc(F)cc2s1. The fourth-order valence-corrected chi connectivity index (χ4v) is 4.39. The number of hydrogen-bond acceptors (Lipinski definition) is 6. The normalized spacial score (nSPS) is 14.2. The first-order valence-electron chi connectivity index (χ1n) is 10.1. The van der Waals surface area contributed by atoms with Gasteiger partial charge in [-0.2, -0.15) is 0 Å². The number of aromatic nitrogens is 1. The van der Waals surface area contributed by atoms with E-state index in [0.717, 1.165) is 39.3 Å². The lowest BCUT2D eigenvalue weighted by atomic mass is 10.3. The molecule has 32 heavy (non-hydrogen) atoms. The molecule has 0 radical (unpaired) electrons. The molecular weight excluding hydrogens is 460 g/mol. The van der Waals surface area contributed by atoms with Gasteiger partial charge in [-0.3, -0.25) is 14.6 Å². The molecule has 0 bridgehead atoms. The summed E-state index contributed by atoms with van der Waals surface area (Å²) in [6, 6.07) is 9.90. The third kappa shape index (κ3) is 6.35. The standard InChI is InChI=1S/C22H23F2N3O3S.ClH/c23-16-2-5-18(6-3-16)30-15-21(28)27(9-1-8-26-10-12-29-13-11-26)22-25-19-7-4-17(24)14-20(19)31-22;/h2-7,14H,1,8-13,15H2;1H. The highest BCUT2D eigenvalue weighted by atomic mass is 35.5. The van der Waals surface area contributed by atoms with Crippen LogP contribution in [0.15, 0.2) is 42.5 Å². The minimum Gasteiger partial charge on any atom is -0.484 e. The van der Waals surface area contributed by atoms with Gasteiger partial charge >= 0.3 is 0 Å². The summed E-state index contributed by atoms with van der Waals surface area (Å²) in [6.07, 6.45) is 0.757. The van der Waals surface area contributed by atoms with E-state index in [4.69, 9.17) is 9.47 Å². The molecule has 0 spiro atoms. The highest BCUT2D eigenvalue weighted by Gasteiger charge is 2.21. The van der Waals surface area contributed by atoms with E-state index in [2.05, 4.69) is 9.88 Å². The molecule has 6 nitrogen and oxygen atoms in total. The van der Waals surface area contributed by atoms with Gasteiger partial charge in [0.2, 0.25) is 0 Å². The zero-order valence-corrected chi connectivity index (χ0v) is 19.0. The Balaban J connectivity index is 0.00000289. The van der Waals surface area contributed by atoms with Crippen molar-refractivity contribution in [2.24, 2.45) is 0 Å². The Hall–Kier alpha value is -2.33.